The van der Waals surface area contributed by atoms with Gasteiger partial charge < -0.3 is 5.73 Å². The van der Waals surface area contributed by atoms with Gasteiger partial charge in [0.25, 0.3) is 0 Å². The molecule has 0 saturated heterocycles. The normalized spacial score (nSPS) is 12.4. The van der Waals surface area contributed by atoms with Gasteiger partial charge in [-0.2, -0.15) is 0 Å². The second kappa shape index (κ2) is 6.07. The summed E-state index contributed by atoms with van der Waals surface area (Å²) in [6.45, 7) is 2.07. The minimum atomic E-state index is 0.142. The van der Waals surface area contributed by atoms with Gasteiger partial charge >= 0.3 is 0 Å². The van der Waals surface area contributed by atoms with Crippen LogP contribution < -0.4 is 5.73 Å². The molecule has 1 aromatic heterocycles. The molecule has 18 heavy (non-hydrogen) atoms. The summed E-state index contributed by atoms with van der Waals surface area (Å²) in [6.07, 6.45) is 5.39. The van der Waals surface area contributed by atoms with Crippen molar-refractivity contribution in [3.63, 3.8) is 0 Å². The molecule has 0 aliphatic rings. The zero-order valence-electron chi connectivity index (χ0n) is 10.3. The number of aromatic nitrogens is 2. The van der Waals surface area contributed by atoms with Crippen molar-refractivity contribution in [1.29, 1.82) is 0 Å². The van der Waals surface area contributed by atoms with E-state index in [-0.39, 0.29) is 6.04 Å². The van der Waals surface area contributed by atoms with Crippen molar-refractivity contribution in [2.75, 3.05) is 0 Å². The number of rotatable bonds is 4. The van der Waals surface area contributed by atoms with Crippen LogP contribution in [0.25, 0.3) is 11.1 Å². The highest BCUT2D eigenvalue weighted by Crippen LogP contribution is 2.20. The molecule has 0 fully saturated rings. The first-order chi connectivity index (χ1) is 8.69. The third-order valence-corrected chi connectivity index (χ3v) is 3.38. The van der Waals surface area contributed by atoms with Gasteiger partial charge in [0.15, 0.2) is 0 Å². The Morgan fingerprint density at radius 2 is 1.72 bits per heavy atom. The third kappa shape index (κ3) is 3.37. The first-order valence-electron chi connectivity index (χ1n) is 6.01. The SMILES string of the molecule is CCC(N)Cc1ncc(-c2ccc(Br)cc2)cn1. The Hall–Kier alpha value is -1.26. The van der Waals surface area contributed by atoms with E-state index >= 15 is 0 Å². The maximum atomic E-state index is 5.89. The summed E-state index contributed by atoms with van der Waals surface area (Å²) < 4.78 is 1.07. The predicted molar refractivity (Wildman–Crippen MR) is 77.1 cm³/mol. The number of nitrogens with zero attached hydrogens (tertiary/aromatic N) is 2. The number of halogens is 1. The van der Waals surface area contributed by atoms with Gasteiger partial charge in [0.2, 0.25) is 0 Å². The van der Waals surface area contributed by atoms with Gasteiger partial charge in [-0.3, -0.25) is 0 Å². The molecule has 94 valence electrons. The summed E-state index contributed by atoms with van der Waals surface area (Å²) in [4.78, 5) is 8.73. The molecule has 1 atom stereocenters. The van der Waals surface area contributed by atoms with Crippen LogP contribution in [0.4, 0.5) is 0 Å². The van der Waals surface area contributed by atoms with E-state index in [1.165, 1.54) is 0 Å². The van der Waals surface area contributed by atoms with Crippen LogP contribution in [0.15, 0.2) is 41.1 Å². The number of benzene rings is 1. The molecule has 0 radical (unpaired) electrons. The first-order valence-corrected chi connectivity index (χ1v) is 6.80. The monoisotopic (exact) mass is 305 g/mol. The van der Waals surface area contributed by atoms with E-state index in [1.54, 1.807) is 0 Å². The maximum Gasteiger partial charge on any atom is 0.129 e. The maximum absolute atomic E-state index is 5.89. The van der Waals surface area contributed by atoms with Crippen molar-refractivity contribution >= 4 is 15.9 Å². The Balaban J connectivity index is 2.14. The molecule has 1 unspecified atom stereocenters. The summed E-state index contributed by atoms with van der Waals surface area (Å²) in [5.74, 6) is 0.810. The molecule has 0 amide bonds. The molecule has 3 nitrogen and oxygen atoms in total. The highest BCUT2D eigenvalue weighted by molar-refractivity contribution is 9.10. The minimum absolute atomic E-state index is 0.142. The van der Waals surface area contributed by atoms with Crippen LogP contribution >= 0.6 is 15.9 Å². The van der Waals surface area contributed by atoms with Gasteiger partial charge in [0, 0.05) is 34.9 Å². The van der Waals surface area contributed by atoms with Gasteiger partial charge in [0.05, 0.1) is 0 Å². The lowest BCUT2D eigenvalue weighted by Crippen LogP contribution is -2.22. The summed E-state index contributed by atoms with van der Waals surface area (Å²) in [5.41, 5.74) is 8.03. The summed E-state index contributed by atoms with van der Waals surface area (Å²) in [6, 6.07) is 8.25. The van der Waals surface area contributed by atoms with Crippen LogP contribution in [0, 0.1) is 0 Å². The molecule has 2 rings (SSSR count). The van der Waals surface area contributed by atoms with Crippen molar-refractivity contribution in [3.05, 3.63) is 47.0 Å². The molecule has 0 spiro atoms. The van der Waals surface area contributed by atoms with Gasteiger partial charge in [-0.25, -0.2) is 9.97 Å². The predicted octanol–water partition coefficient (Wildman–Crippen LogP) is 3.19. The van der Waals surface area contributed by atoms with Gasteiger partial charge in [-0.05, 0) is 24.1 Å². The van der Waals surface area contributed by atoms with E-state index in [0.717, 1.165) is 34.3 Å². The number of nitrogens with two attached hydrogens (primary N) is 1. The first kappa shape index (κ1) is 13.2. The molecule has 0 aliphatic heterocycles. The third-order valence-electron chi connectivity index (χ3n) is 2.85. The Bertz CT molecular complexity index is 493. The van der Waals surface area contributed by atoms with Crippen LogP contribution in [-0.2, 0) is 6.42 Å². The Kier molecular flexibility index (Phi) is 4.44. The molecule has 0 aliphatic carbocycles. The van der Waals surface area contributed by atoms with Crippen molar-refractivity contribution in [1.82, 2.24) is 9.97 Å². The zero-order valence-corrected chi connectivity index (χ0v) is 11.9. The Labute approximate surface area is 116 Å². The van der Waals surface area contributed by atoms with E-state index in [0.29, 0.717) is 0 Å². The van der Waals surface area contributed by atoms with Gasteiger partial charge in [0.1, 0.15) is 5.82 Å². The minimum Gasteiger partial charge on any atom is -0.327 e. The fourth-order valence-corrected chi connectivity index (χ4v) is 1.89. The molecule has 4 heteroatoms. The van der Waals surface area contributed by atoms with Gasteiger partial charge in [-0.15, -0.1) is 0 Å². The van der Waals surface area contributed by atoms with Crippen molar-refractivity contribution in [2.45, 2.75) is 25.8 Å². The zero-order chi connectivity index (χ0) is 13.0. The average Bonchev–Trinajstić information content (AvgIpc) is 2.40. The quantitative estimate of drug-likeness (QED) is 0.944. The highest BCUT2D eigenvalue weighted by atomic mass is 79.9. The van der Waals surface area contributed by atoms with E-state index in [4.69, 9.17) is 5.73 Å². The lowest BCUT2D eigenvalue weighted by Gasteiger charge is -2.07. The average molecular weight is 306 g/mol. The smallest absolute Gasteiger partial charge is 0.129 e. The highest BCUT2D eigenvalue weighted by Gasteiger charge is 2.05. The lowest BCUT2D eigenvalue weighted by molar-refractivity contribution is 0.624. The van der Waals surface area contributed by atoms with Gasteiger partial charge in [-0.1, -0.05) is 35.0 Å². The van der Waals surface area contributed by atoms with E-state index in [1.807, 2.05) is 36.7 Å². The fourth-order valence-electron chi connectivity index (χ4n) is 1.63. The summed E-state index contributed by atoms with van der Waals surface area (Å²) in [7, 11) is 0. The van der Waals surface area contributed by atoms with Crippen molar-refractivity contribution < 1.29 is 0 Å². The number of hydrogen-bond donors (Lipinski definition) is 1. The van der Waals surface area contributed by atoms with E-state index < -0.39 is 0 Å². The molecule has 0 bridgehead atoms. The standard InChI is InChI=1S/C14H16BrN3/c1-2-13(16)7-14-17-8-11(9-18-14)10-3-5-12(15)6-4-10/h3-6,8-9,13H,2,7,16H2,1H3. The van der Waals surface area contributed by atoms with E-state index in [2.05, 4.69) is 32.8 Å². The second-order valence-electron chi connectivity index (χ2n) is 4.27. The van der Waals surface area contributed by atoms with Crippen LogP contribution in [0.5, 0.6) is 0 Å². The fraction of sp³-hybridized carbons (Fsp3) is 0.286. The van der Waals surface area contributed by atoms with Crippen LogP contribution in [0.2, 0.25) is 0 Å². The Morgan fingerprint density at radius 1 is 1.11 bits per heavy atom. The molecule has 1 heterocycles. The van der Waals surface area contributed by atoms with Crippen LogP contribution in [-0.4, -0.2) is 16.0 Å². The van der Waals surface area contributed by atoms with Crippen molar-refractivity contribution in [2.24, 2.45) is 5.73 Å². The second-order valence-corrected chi connectivity index (χ2v) is 5.18. The molecule has 2 aromatic rings. The van der Waals surface area contributed by atoms with E-state index in [9.17, 15) is 0 Å². The topological polar surface area (TPSA) is 51.8 Å². The summed E-state index contributed by atoms with van der Waals surface area (Å²) >= 11 is 3.42. The molecular weight excluding hydrogens is 290 g/mol. The van der Waals surface area contributed by atoms with Crippen molar-refractivity contribution in [3.8, 4) is 11.1 Å². The van der Waals surface area contributed by atoms with Crippen LogP contribution in [0.1, 0.15) is 19.2 Å². The lowest BCUT2D eigenvalue weighted by atomic mass is 10.1. The molecule has 1 aromatic carbocycles. The molecule has 2 N–H and O–H groups in total. The molecule has 0 saturated carbocycles. The summed E-state index contributed by atoms with van der Waals surface area (Å²) in [5, 5.41) is 0. The molecular formula is C14H16BrN3. The Morgan fingerprint density at radius 3 is 2.28 bits per heavy atom. The largest absolute Gasteiger partial charge is 0.327 e. The number of hydrogen-bond acceptors (Lipinski definition) is 3. The van der Waals surface area contributed by atoms with Crippen LogP contribution in [0.3, 0.4) is 0 Å².